The summed E-state index contributed by atoms with van der Waals surface area (Å²) < 4.78 is 12.8. The zero-order valence-corrected chi connectivity index (χ0v) is 13.1. The predicted octanol–water partition coefficient (Wildman–Crippen LogP) is 2.25. The molecule has 7 heteroatoms. The quantitative estimate of drug-likeness (QED) is 0.658. The summed E-state index contributed by atoms with van der Waals surface area (Å²) in [6, 6.07) is 9.65. The van der Waals surface area contributed by atoms with E-state index in [2.05, 4.69) is 0 Å². The van der Waals surface area contributed by atoms with Gasteiger partial charge in [-0.1, -0.05) is 30.3 Å². The summed E-state index contributed by atoms with van der Waals surface area (Å²) in [6.07, 6.45) is 0.598. The fraction of sp³-hybridized carbons (Fsp3) is 0.462. The van der Waals surface area contributed by atoms with Crippen molar-refractivity contribution in [3.63, 3.8) is 0 Å². The molecule has 5 nitrogen and oxygen atoms in total. The molecule has 1 unspecified atom stereocenters. The Morgan fingerprint density at radius 3 is 2.50 bits per heavy atom. The monoisotopic (exact) mass is 315 g/mol. The van der Waals surface area contributed by atoms with Crippen LogP contribution in [0.5, 0.6) is 0 Å². The molecule has 0 spiro atoms. The Morgan fingerprint density at radius 2 is 1.95 bits per heavy atom. The second-order valence-electron chi connectivity index (χ2n) is 5.35. The SMILES string of the molecule is CC(C)(N1SCC(Cc2ccccc2)C1=O)P(=O)(O)O. The molecule has 1 aliphatic rings. The molecule has 1 atom stereocenters. The van der Waals surface area contributed by atoms with E-state index in [1.54, 1.807) is 0 Å². The average molecular weight is 315 g/mol. The van der Waals surface area contributed by atoms with E-state index in [1.807, 2.05) is 30.3 Å². The highest BCUT2D eigenvalue weighted by Gasteiger charge is 2.50. The minimum absolute atomic E-state index is 0.202. The summed E-state index contributed by atoms with van der Waals surface area (Å²) >= 11 is 1.20. The van der Waals surface area contributed by atoms with Gasteiger partial charge >= 0.3 is 7.60 Å². The number of rotatable bonds is 4. The largest absolute Gasteiger partial charge is 0.351 e. The van der Waals surface area contributed by atoms with Crippen LogP contribution in [0, 0.1) is 5.92 Å². The Morgan fingerprint density at radius 1 is 1.35 bits per heavy atom. The summed E-state index contributed by atoms with van der Waals surface area (Å²) in [5.74, 6) is 0.123. The number of hydrogen-bond acceptors (Lipinski definition) is 3. The van der Waals surface area contributed by atoms with E-state index in [1.165, 1.54) is 30.1 Å². The zero-order chi connectivity index (χ0) is 15.0. The van der Waals surface area contributed by atoms with Gasteiger partial charge in [0.05, 0.1) is 5.92 Å². The van der Waals surface area contributed by atoms with Crippen LogP contribution >= 0.6 is 19.5 Å². The van der Waals surface area contributed by atoms with Gasteiger partial charge in [0.2, 0.25) is 5.91 Å². The molecule has 2 rings (SSSR count). The maximum absolute atomic E-state index is 12.4. The number of amides is 1. The molecule has 0 saturated carbocycles. The Balaban J connectivity index is 2.12. The van der Waals surface area contributed by atoms with Crippen LogP contribution in [0.2, 0.25) is 0 Å². The van der Waals surface area contributed by atoms with Crippen molar-refractivity contribution in [3.05, 3.63) is 35.9 Å². The number of hydrogen-bond donors (Lipinski definition) is 2. The van der Waals surface area contributed by atoms with Crippen LogP contribution in [0.15, 0.2) is 30.3 Å². The molecule has 0 aromatic heterocycles. The summed E-state index contributed by atoms with van der Waals surface area (Å²) in [6.45, 7) is 2.81. The molecular formula is C13H18NO4PS. The van der Waals surface area contributed by atoms with E-state index in [-0.39, 0.29) is 11.8 Å². The van der Waals surface area contributed by atoms with Gasteiger partial charge in [-0.25, -0.2) is 0 Å². The van der Waals surface area contributed by atoms with Crippen LogP contribution in [0.3, 0.4) is 0 Å². The Labute approximate surface area is 122 Å². The summed E-state index contributed by atoms with van der Waals surface area (Å²) in [5.41, 5.74) is 1.06. The highest BCUT2D eigenvalue weighted by Crippen LogP contribution is 2.55. The molecule has 1 amide bonds. The fourth-order valence-corrected chi connectivity index (χ4v) is 4.07. The van der Waals surface area contributed by atoms with Crippen molar-refractivity contribution in [1.82, 2.24) is 4.31 Å². The van der Waals surface area contributed by atoms with Crippen molar-refractivity contribution in [2.75, 3.05) is 5.75 Å². The van der Waals surface area contributed by atoms with Crippen LogP contribution in [0.1, 0.15) is 19.4 Å². The van der Waals surface area contributed by atoms with Crippen molar-refractivity contribution >= 4 is 25.5 Å². The topological polar surface area (TPSA) is 77.8 Å². The maximum atomic E-state index is 12.4. The molecule has 20 heavy (non-hydrogen) atoms. The van der Waals surface area contributed by atoms with Crippen molar-refractivity contribution in [3.8, 4) is 0 Å². The molecule has 1 saturated heterocycles. The van der Waals surface area contributed by atoms with Crippen LogP contribution in [0.25, 0.3) is 0 Å². The van der Waals surface area contributed by atoms with Crippen molar-refractivity contribution in [2.24, 2.45) is 5.92 Å². The lowest BCUT2D eigenvalue weighted by Gasteiger charge is -2.34. The molecule has 1 fully saturated rings. The Kier molecular flexibility index (Phi) is 4.30. The molecule has 0 radical (unpaired) electrons. The normalized spacial score (nSPS) is 20.5. The molecular weight excluding hydrogens is 297 g/mol. The minimum atomic E-state index is -4.38. The van der Waals surface area contributed by atoms with Gasteiger partial charge in [-0.15, -0.1) is 0 Å². The summed E-state index contributed by atoms with van der Waals surface area (Å²) in [7, 11) is -4.38. The number of carbonyl (C=O) groups is 1. The smallest absolute Gasteiger partial charge is 0.323 e. The number of carbonyl (C=O) groups excluding carboxylic acids is 1. The lowest BCUT2D eigenvalue weighted by atomic mass is 10.00. The van der Waals surface area contributed by atoms with E-state index < -0.39 is 12.9 Å². The van der Waals surface area contributed by atoms with Crippen LogP contribution in [-0.4, -0.2) is 31.0 Å². The number of benzene rings is 1. The molecule has 0 aliphatic carbocycles. The first-order chi connectivity index (χ1) is 9.23. The van der Waals surface area contributed by atoms with Gasteiger partial charge < -0.3 is 9.79 Å². The third-order valence-electron chi connectivity index (χ3n) is 3.49. The Hall–Kier alpha value is -0.810. The van der Waals surface area contributed by atoms with E-state index in [0.717, 1.165) is 5.56 Å². The van der Waals surface area contributed by atoms with Crippen LogP contribution < -0.4 is 0 Å². The lowest BCUT2D eigenvalue weighted by Crippen LogP contribution is -2.41. The summed E-state index contributed by atoms with van der Waals surface area (Å²) in [5, 5.41) is -1.47. The van der Waals surface area contributed by atoms with Gasteiger partial charge in [0, 0.05) is 5.75 Å². The minimum Gasteiger partial charge on any atom is -0.323 e. The third-order valence-corrected chi connectivity index (χ3v) is 6.70. The van der Waals surface area contributed by atoms with Crippen molar-refractivity contribution in [2.45, 2.75) is 25.5 Å². The van der Waals surface area contributed by atoms with E-state index >= 15 is 0 Å². The lowest BCUT2D eigenvalue weighted by molar-refractivity contribution is -0.130. The van der Waals surface area contributed by atoms with E-state index in [0.29, 0.717) is 12.2 Å². The maximum Gasteiger partial charge on any atom is 0.351 e. The second-order valence-corrected chi connectivity index (χ2v) is 8.49. The zero-order valence-electron chi connectivity index (χ0n) is 11.4. The molecule has 0 bridgehead atoms. The molecule has 1 heterocycles. The Bertz CT molecular complexity index is 543. The van der Waals surface area contributed by atoms with Crippen molar-refractivity contribution < 1.29 is 19.1 Å². The van der Waals surface area contributed by atoms with E-state index in [4.69, 9.17) is 0 Å². The second kappa shape index (κ2) is 5.53. The number of nitrogens with zero attached hydrogens (tertiary/aromatic N) is 1. The van der Waals surface area contributed by atoms with Crippen molar-refractivity contribution in [1.29, 1.82) is 0 Å². The highest BCUT2D eigenvalue weighted by atomic mass is 32.2. The first-order valence-corrected chi connectivity index (χ1v) is 8.85. The van der Waals surface area contributed by atoms with Crippen LogP contribution in [-0.2, 0) is 15.8 Å². The molecule has 1 aliphatic heterocycles. The van der Waals surface area contributed by atoms with E-state index in [9.17, 15) is 19.1 Å². The summed E-state index contributed by atoms with van der Waals surface area (Å²) in [4.78, 5) is 31.2. The van der Waals surface area contributed by atoms with Gasteiger partial charge in [0.1, 0.15) is 5.28 Å². The van der Waals surface area contributed by atoms with Gasteiger partial charge in [-0.2, -0.15) is 0 Å². The first kappa shape index (κ1) is 15.6. The molecule has 1 aromatic carbocycles. The molecule has 2 N–H and O–H groups in total. The van der Waals surface area contributed by atoms with Gasteiger partial charge in [-0.3, -0.25) is 13.7 Å². The van der Waals surface area contributed by atoms with Crippen LogP contribution in [0.4, 0.5) is 0 Å². The van der Waals surface area contributed by atoms with Gasteiger partial charge in [0.15, 0.2) is 0 Å². The standard InChI is InChI=1S/C13H18NO4PS/c1-13(2,19(16,17)18)14-12(15)11(9-20-14)8-10-6-4-3-5-7-10/h3-7,11H,8-9H2,1-2H3,(H2,16,17,18). The van der Waals surface area contributed by atoms with Gasteiger partial charge in [-0.05, 0) is 37.8 Å². The fourth-order valence-electron chi connectivity index (χ4n) is 2.06. The third kappa shape index (κ3) is 2.93. The first-order valence-electron chi connectivity index (χ1n) is 6.30. The predicted molar refractivity (Wildman–Crippen MR) is 79.1 cm³/mol. The van der Waals surface area contributed by atoms with Gasteiger partial charge in [0.25, 0.3) is 0 Å². The average Bonchev–Trinajstić information content (AvgIpc) is 2.71. The molecule has 1 aromatic rings. The molecule has 110 valence electrons. The highest BCUT2D eigenvalue weighted by molar-refractivity contribution is 7.98.